The summed E-state index contributed by atoms with van der Waals surface area (Å²) >= 11 is 6.06. The molecular weight excluding hydrogens is 376 g/mol. The maximum absolute atomic E-state index is 12.2. The van der Waals surface area contributed by atoms with E-state index in [1.165, 1.54) is 0 Å². The van der Waals surface area contributed by atoms with Crippen LogP contribution in [0.15, 0.2) is 42.5 Å². The first-order valence-corrected chi connectivity index (χ1v) is 9.31. The van der Waals surface area contributed by atoms with E-state index in [0.717, 1.165) is 22.0 Å². The van der Waals surface area contributed by atoms with E-state index < -0.39 is 17.7 Å². The maximum atomic E-state index is 12.2. The number of nitrogen functional groups attached to an aromatic ring is 1. The Morgan fingerprint density at radius 3 is 2.39 bits per heavy atom. The molecule has 0 fully saturated rings. The number of hydrogen-bond acceptors (Lipinski definition) is 4. The van der Waals surface area contributed by atoms with Gasteiger partial charge >= 0.3 is 5.97 Å². The van der Waals surface area contributed by atoms with Crippen LogP contribution in [0.2, 0.25) is 5.02 Å². The number of fused-ring (bicyclic) bond motifs is 1. The predicted octanol–water partition coefficient (Wildman–Crippen LogP) is 5.39. The number of anilines is 1. The fraction of sp³-hybridized carbons (Fsp3) is 0.273. The molecule has 3 rings (SSSR count). The van der Waals surface area contributed by atoms with Gasteiger partial charge in [-0.1, -0.05) is 23.7 Å². The largest absolute Gasteiger partial charge is 0.479 e. The molecule has 5 nitrogen and oxygen atoms in total. The molecule has 0 saturated carbocycles. The third kappa shape index (κ3) is 4.11. The molecule has 1 atom stereocenters. The van der Waals surface area contributed by atoms with Gasteiger partial charge in [0.05, 0.1) is 11.1 Å². The van der Waals surface area contributed by atoms with E-state index in [2.05, 4.69) is 4.98 Å². The van der Waals surface area contributed by atoms with Gasteiger partial charge in [-0.05, 0) is 69.2 Å². The second kappa shape index (κ2) is 7.41. The van der Waals surface area contributed by atoms with Crippen LogP contribution in [0.1, 0.15) is 38.1 Å². The van der Waals surface area contributed by atoms with Crippen LogP contribution in [0.4, 0.5) is 5.69 Å². The van der Waals surface area contributed by atoms with Gasteiger partial charge in [0.25, 0.3) is 0 Å². The van der Waals surface area contributed by atoms with Crippen LogP contribution in [-0.2, 0) is 9.53 Å². The van der Waals surface area contributed by atoms with E-state index in [-0.39, 0.29) is 0 Å². The second-order valence-corrected chi connectivity index (χ2v) is 8.15. The Morgan fingerprint density at radius 1 is 1.18 bits per heavy atom. The first kappa shape index (κ1) is 20.1. The molecule has 0 bridgehead atoms. The number of halogens is 1. The number of benzene rings is 2. The molecule has 0 aliphatic rings. The molecule has 0 saturated heterocycles. The lowest BCUT2D eigenvalue weighted by molar-refractivity contribution is -0.160. The molecular formula is C22H23ClN2O3. The van der Waals surface area contributed by atoms with Crippen LogP contribution in [-0.4, -0.2) is 21.7 Å². The lowest BCUT2D eigenvalue weighted by Crippen LogP contribution is -2.28. The Hall–Kier alpha value is -2.63. The molecule has 1 aromatic heterocycles. The standard InChI is InChI=1S/C22H23ClN2O3/c1-12-18(20(21(26)27)28-22(2,3)4)19(13-5-7-14(23)8-6-13)16-11-15(24)9-10-17(16)25-12/h5-11,20H,24H2,1-4H3,(H,26,27). The van der Waals surface area contributed by atoms with Gasteiger partial charge in [-0.2, -0.15) is 0 Å². The van der Waals surface area contributed by atoms with E-state index in [9.17, 15) is 9.90 Å². The van der Waals surface area contributed by atoms with Crippen molar-refractivity contribution < 1.29 is 14.6 Å². The highest BCUT2D eigenvalue weighted by molar-refractivity contribution is 6.30. The number of hydrogen-bond donors (Lipinski definition) is 2. The van der Waals surface area contributed by atoms with Gasteiger partial charge in [0, 0.05) is 27.4 Å². The van der Waals surface area contributed by atoms with Crippen molar-refractivity contribution in [2.75, 3.05) is 5.73 Å². The van der Waals surface area contributed by atoms with Crippen molar-refractivity contribution in [3.8, 4) is 11.1 Å². The minimum absolute atomic E-state index is 0.517. The summed E-state index contributed by atoms with van der Waals surface area (Å²) in [7, 11) is 0. The Labute approximate surface area is 169 Å². The van der Waals surface area contributed by atoms with Crippen molar-refractivity contribution in [2.24, 2.45) is 0 Å². The first-order valence-electron chi connectivity index (χ1n) is 8.93. The van der Waals surface area contributed by atoms with Crippen LogP contribution in [0.25, 0.3) is 22.0 Å². The summed E-state index contributed by atoms with van der Waals surface area (Å²) in [6.45, 7) is 7.28. The molecule has 0 spiro atoms. The van der Waals surface area contributed by atoms with Crippen LogP contribution in [0.5, 0.6) is 0 Å². The third-order valence-corrected chi connectivity index (χ3v) is 4.58. The molecule has 3 aromatic rings. The Morgan fingerprint density at radius 2 is 1.82 bits per heavy atom. The number of aryl methyl sites for hydroxylation is 1. The van der Waals surface area contributed by atoms with Gasteiger partial charge in [0.1, 0.15) is 0 Å². The summed E-state index contributed by atoms with van der Waals surface area (Å²) in [5.41, 5.74) is 9.35. The van der Waals surface area contributed by atoms with Gasteiger partial charge in [0.15, 0.2) is 6.10 Å². The summed E-state index contributed by atoms with van der Waals surface area (Å²) in [5.74, 6) is -1.07. The Bertz CT molecular complexity index is 1040. The number of aliphatic carboxylic acids is 1. The molecule has 0 amide bonds. The van der Waals surface area contributed by atoms with Crippen molar-refractivity contribution in [1.82, 2.24) is 4.98 Å². The van der Waals surface area contributed by atoms with Gasteiger partial charge < -0.3 is 15.6 Å². The number of nitrogens with zero attached hydrogens (tertiary/aromatic N) is 1. The zero-order valence-corrected chi connectivity index (χ0v) is 17.0. The molecule has 1 heterocycles. The average Bonchev–Trinajstić information content (AvgIpc) is 2.59. The number of rotatable bonds is 4. The number of carbonyl (C=O) groups is 1. The topological polar surface area (TPSA) is 85.4 Å². The fourth-order valence-electron chi connectivity index (χ4n) is 3.25. The van der Waals surface area contributed by atoms with Crippen molar-refractivity contribution in [1.29, 1.82) is 0 Å². The summed E-state index contributed by atoms with van der Waals surface area (Å²) < 4.78 is 5.93. The van der Waals surface area contributed by atoms with E-state index in [1.807, 2.05) is 45.0 Å². The first-order chi connectivity index (χ1) is 13.1. The Kier molecular flexibility index (Phi) is 5.33. The maximum Gasteiger partial charge on any atom is 0.337 e. The van der Waals surface area contributed by atoms with Gasteiger partial charge in [-0.15, -0.1) is 0 Å². The van der Waals surface area contributed by atoms with Crippen molar-refractivity contribution in [2.45, 2.75) is 39.4 Å². The smallest absolute Gasteiger partial charge is 0.337 e. The monoisotopic (exact) mass is 398 g/mol. The molecule has 146 valence electrons. The lowest BCUT2D eigenvalue weighted by Gasteiger charge is -2.28. The number of ether oxygens (including phenoxy) is 1. The van der Waals surface area contributed by atoms with Crippen LogP contribution in [0.3, 0.4) is 0 Å². The highest BCUT2D eigenvalue weighted by Gasteiger charge is 2.32. The normalized spacial score (nSPS) is 12.9. The van der Waals surface area contributed by atoms with Gasteiger partial charge in [-0.3, -0.25) is 4.98 Å². The van der Waals surface area contributed by atoms with E-state index in [0.29, 0.717) is 22.0 Å². The lowest BCUT2D eigenvalue weighted by atomic mass is 9.91. The number of pyridine rings is 1. The Balaban J connectivity index is 2.40. The van der Waals surface area contributed by atoms with E-state index >= 15 is 0 Å². The molecule has 3 N–H and O–H groups in total. The van der Waals surface area contributed by atoms with E-state index in [1.54, 1.807) is 25.1 Å². The molecule has 0 radical (unpaired) electrons. The summed E-state index contributed by atoms with van der Waals surface area (Å²) in [5, 5.41) is 11.3. The molecule has 0 aliphatic carbocycles. The molecule has 1 unspecified atom stereocenters. The molecule has 2 aromatic carbocycles. The number of aromatic nitrogens is 1. The number of nitrogens with two attached hydrogens (primary N) is 1. The fourth-order valence-corrected chi connectivity index (χ4v) is 3.38. The molecule has 6 heteroatoms. The zero-order chi connectivity index (χ0) is 20.6. The van der Waals surface area contributed by atoms with Crippen molar-refractivity contribution in [3.05, 3.63) is 58.7 Å². The summed E-state index contributed by atoms with van der Waals surface area (Å²) in [6.07, 6.45) is -1.18. The van der Waals surface area contributed by atoms with E-state index in [4.69, 9.17) is 22.1 Å². The average molecular weight is 399 g/mol. The van der Waals surface area contributed by atoms with Gasteiger partial charge in [-0.25, -0.2) is 4.79 Å². The zero-order valence-electron chi connectivity index (χ0n) is 16.3. The van der Waals surface area contributed by atoms with Gasteiger partial charge in [0.2, 0.25) is 0 Å². The molecule has 28 heavy (non-hydrogen) atoms. The number of carboxylic acid groups (broad SMARTS) is 1. The molecule has 0 aliphatic heterocycles. The third-order valence-electron chi connectivity index (χ3n) is 4.33. The van der Waals surface area contributed by atoms with Crippen molar-refractivity contribution >= 4 is 34.2 Å². The van der Waals surface area contributed by atoms with Crippen molar-refractivity contribution in [3.63, 3.8) is 0 Å². The van der Waals surface area contributed by atoms with Crippen LogP contribution < -0.4 is 5.73 Å². The summed E-state index contributed by atoms with van der Waals surface area (Å²) in [4.78, 5) is 16.8. The summed E-state index contributed by atoms with van der Waals surface area (Å²) in [6, 6.07) is 12.7. The predicted molar refractivity (Wildman–Crippen MR) is 113 cm³/mol. The van der Waals surface area contributed by atoms with Crippen LogP contribution in [0, 0.1) is 6.92 Å². The second-order valence-electron chi connectivity index (χ2n) is 7.72. The minimum Gasteiger partial charge on any atom is -0.479 e. The van der Waals surface area contributed by atoms with Crippen LogP contribution >= 0.6 is 11.6 Å². The number of carboxylic acids is 1. The SMILES string of the molecule is Cc1nc2ccc(N)cc2c(-c2ccc(Cl)cc2)c1C(OC(C)(C)C)C(=O)O. The minimum atomic E-state index is -1.18. The highest BCUT2D eigenvalue weighted by atomic mass is 35.5. The highest BCUT2D eigenvalue weighted by Crippen LogP contribution is 2.40. The quantitative estimate of drug-likeness (QED) is 0.575.